The summed E-state index contributed by atoms with van der Waals surface area (Å²) < 4.78 is 11.1. The summed E-state index contributed by atoms with van der Waals surface area (Å²) in [7, 11) is 0. The van der Waals surface area contributed by atoms with E-state index in [0.29, 0.717) is 19.1 Å². The number of carbonyl (C=O) groups excluding carboxylic acids is 1. The number of ether oxygens (including phenoxy) is 2. The first-order valence-corrected chi connectivity index (χ1v) is 8.30. The Hall–Kier alpha value is -2.49. The van der Waals surface area contributed by atoms with E-state index < -0.39 is 0 Å². The lowest BCUT2D eigenvalue weighted by atomic mass is 10.0. The van der Waals surface area contributed by atoms with Crippen LogP contribution in [0.2, 0.25) is 0 Å². The summed E-state index contributed by atoms with van der Waals surface area (Å²) in [5.41, 5.74) is 2.13. The van der Waals surface area contributed by atoms with Gasteiger partial charge in [0.2, 0.25) is 0 Å². The average Bonchev–Trinajstić information content (AvgIpc) is 2.59. The predicted molar refractivity (Wildman–Crippen MR) is 95.5 cm³/mol. The molecule has 0 aliphatic rings. The summed E-state index contributed by atoms with van der Waals surface area (Å²) >= 11 is 0. The fraction of sp³-hybridized carbons (Fsp3) is 0.350. The Morgan fingerprint density at radius 2 is 1.75 bits per heavy atom. The number of benzene rings is 2. The van der Waals surface area contributed by atoms with Crippen LogP contribution in [0.15, 0.2) is 48.5 Å². The number of para-hydroxylation sites is 1. The zero-order valence-corrected chi connectivity index (χ0v) is 14.5. The van der Waals surface area contributed by atoms with Crippen molar-refractivity contribution in [2.24, 2.45) is 0 Å². The van der Waals surface area contributed by atoms with Crippen LogP contribution in [0, 0.1) is 0 Å². The Labute approximate surface area is 143 Å². The molecule has 0 aliphatic heterocycles. The lowest BCUT2D eigenvalue weighted by molar-refractivity contribution is -0.123. The largest absolute Gasteiger partial charge is 0.494 e. The molecule has 0 atom stereocenters. The van der Waals surface area contributed by atoms with Crippen molar-refractivity contribution in [2.75, 3.05) is 13.2 Å². The number of hydrogen-bond donors (Lipinski definition) is 1. The number of amides is 1. The maximum absolute atomic E-state index is 12.0. The maximum atomic E-state index is 12.0. The third kappa shape index (κ3) is 5.30. The molecule has 0 radical (unpaired) electrons. The van der Waals surface area contributed by atoms with E-state index in [1.54, 1.807) is 0 Å². The lowest BCUT2D eigenvalue weighted by Gasteiger charge is -2.13. The van der Waals surface area contributed by atoms with Crippen molar-refractivity contribution in [3.05, 3.63) is 59.7 Å². The number of rotatable bonds is 8. The molecule has 0 saturated heterocycles. The second-order valence-electron chi connectivity index (χ2n) is 5.83. The van der Waals surface area contributed by atoms with E-state index in [2.05, 4.69) is 19.2 Å². The van der Waals surface area contributed by atoms with E-state index in [1.165, 1.54) is 0 Å². The van der Waals surface area contributed by atoms with Gasteiger partial charge in [0.05, 0.1) is 6.61 Å². The van der Waals surface area contributed by atoms with E-state index in [0.717, 1.165) is 22.6 Å². The molecule has 4 heteroatoms. The molecule has 2 aromatic rings. The second kappa shape index (κ2) is 8.96. The molecule has 2 rings (SSSR count). The Bertz CT molecular complexity index is 650. The standard InChI is InChI=1S/C20H25NO3/c1-4-23-17-11-9-16(10-12-17)13-21-20(22)14-24-19-8-6-5-7-18(19)15(2)3/h5-12,15H,4,13-14H2,1-3H3,(H,21,22). The topological polar surface area (TPSA) is 47.6 Å². The fourth-order valence-corrected chi connectivity index (χ4v) is 2.35. The lowest BCUT2D eigenvalue weighted by Crippen LogP contribution is -2.28. The number of carbonyl (C=O) groups is 1. The molecule has 0 unspecified atom stereocenters. The highest BCUT2D eigenvalue weighted by Crippen LogP contribution is 2.25. The Morgan fingerprint density at radius 3 is 2.42 bits per heavy atom. The Morgan fingerprint density at radius 1 is 1.04 bits per heavy atom. The third-order valence-corrected chi connectivity index (χ3v) is 3.62. The van der Waals surface area contributed by atoms with Crippen LogP contribution in [0.4, 0.5) is 0 Å². The van der Waals surface area contributed by atoms with Gasteiger partial charge in [-0.1, -0.05) is 44.2 Å². The summed E-state index contributed by atoms with van der Waals surface area (Å²) in [5, 5.41) is 2.86. The molecule has 1 amide bonds. The summed E-state index contributed by atoms with van der Waals surface area (Å²) in [6.45, 7) is 7.29. The van der Waals surface area contributed by atoms with Gasteiger partial charge in [0, 0.05) is 6.54 Å². The van der Waals surface area contributed by atoms with Crippen LogP contribution in [0.3, 0.4) is 0 Å². The van der Waals surface area contributed by atoms with Crippen LogP contribution in [0.1, 0.15) is 37.8 Å². The summed E-state index contributed by atoms with van der Waals surface area (Å²) in [5.74, 6) is 1.82. The first-order chi connectivity index (χ1) is 11.6. The number of hydrogen-bond acceptors (Lipinski definition) is 3. The van der Waals surface area contributed by atoms with Gasteiger partial charge in [-0.05, 0) is 42.2 Å². The first-order valence-electron chi connectivity index (χ1n) is 8.30. The van der Waals surface area contributed by atoms with E-state index >= 15 is 0 Å². The van der Waals surface area contributed by atoms with Gasteiger partial charge in [0.1, 0.15) is 11.5 Å². The molecular formula is C20H25NO3. The quantitative estimate of drug-likeness (QED) is 0.800. The highest BCUT2D eigenvalue weighted by atomic mass is 16.5. The Balaban J connectivity index is 1.81. The molecule has 0 bridgehead atoms. The van der Waals surface area contributed by atoms with Crippen molar-refractivity contribution in [3.63, 3.8) is 0 Å². The predicted octanol–water partition coefficient (Wildman–Crippen LogP) is 3.90. The highest BCUT2D eigenvalue weighted by Gasteiger charge is 2.09. The minimum atomic E-state index is -0.137. The zero-order valence-electron chi connectivity index (χ0n) is 14.5. The van der Waals surface area contributed by atoms with Gasteiger partial charge in [-0.3, -0.25) is 4.79 Å². The van der Waals surface area contributed by atoms with Crippen molar-refractivity contribution in [1.29, 1.82) is 0 Å². The fourth-order valence-electron chi connectivity index (χ4n) is 2.35. The minimum absolute atomic E-state index is 0.0146. The van der Waals surface area contributed by atoms with Crippen molar-refractivity contribution in [3.8, 4) is 11.5 Å². The molecule has 2 aromatic carbocycles. The van der Waals surface area contributed by atoms with Gasteiger partial charge in [-0.15, -0.1) is 0 Å². The van der Waals surface area contributed by atoms with Crippen molar-refractivity contribution in [2.45, 2.75) is 33.2 Å². The number of nitrogens with one attached hydrogen (secondary N) is 1. The molecule has 0 saturated carbocycles. The van der Waals surface area contributed by atoms with Gasteiger partial charge in [-0.25, -0.2) is 0 Å². The van der Waals surface area contributed by atoms with E-state index in [1.807, 2.05) is 55.5 Å². The SMILES string of the molecule is CCOc1ccc(CNC(=O)COc2ccccc2C(C)C)cc1. The van der Waals surface area contributed by atoms with E-state index in [4.69, 9.17) is 9.47 Å². The highest BCUT2D eigenvalue weighted by molar-refractivity contribution is 5.77. The molecule has 0 heterocycles. The minimum Gasteiger partial charge on any atom is -0.494 e. The smallest absolute Gasteiger partial charge is 0.258 e. The van der Waals surface area contributed by atoms with Crippen LogP contribution >= 0.6 is 0 Å². The molecule has 4 nitrogen and oxygen atoms in total. The second-order valence-corrected chi connectivity index (χ2v) is 5.83. The van der Waals surface area contributed by atoms with Crippen molar-refractivity contribution >= 4 is 5.91 Å². The molecule has 0 aliphatic carbocycles. The molecule has 0 fully saturated rings. The molecule has 128 valence electrons. The summed E-state index contributed by atoms with van der Waals surface area (Å²) in [6.07, 6.45) is 0. The first kappa shape index (κ1) is 17.9. The molecular weight excluding hydrogens is 302 g/mol. The van der Waals surface area contributed by atoms with Crippen LogP contribution in [0.25, 0.3) is 0 Å². The molecule has 1 N–H and O–H groups in total. The van der Waals surface area contributed by atoms with E-state index in [-0.39, 0.29) is 12.5 Å². The van der Waals surface area contributed by atoms with Gasteiger partial charge in [0.15, 0.2) is 6.61 Å². The van der Waals surface area contributed by atoms with Crippen LogP contribution < -0.4 is 14.8 Å². The van der Waals surface area contributed by atoms with Crippen molar-refractivity contribution in [1.82, 2.24) is 5.32 Å². The summed E-state index contributed by atoms with van der Waals surface area (Å²) in [4.78, 5) is 12.0. The maximum Gasteiger partial charge on any atom is 0.258 e. The van der Waals surface area contributed by atoms with Crippen LogP contribution in [0.5, 0.6) is 11.5 Å². The average molecular weight is 327 g/mol. The zero-order chi connectivity index (χ0) is 17.4. The Kier molecular flexibility index (Phi) is 6.67. The van der Waals surface area contributed by atoms with Crippen LogP contribution in [-0.2, 0) is 11.3 Å². The normalized spacial score (nSPS) is 10.5. The van der Waals surface area contributed by atoms with Gasteiger partial charge in [-0.2, -0.15) is 0 Å². The van der Waals surface area contributed by atoms with Gasteiger partial charge in [0.25, 0.3) is 5.91 Å². The van der Waals surface area contributed by atoms with Gasteiger partial charge >= 0.3 is 0 Å². The molecule has 24 heavy (non-hydrogen) atoms. The van der Waals surface area contributed by atoms with E-state index in [9.17, 15) is 4.79 Å². The monoisotopic (exact) mass is 327 g/mol. The van der Waals surface area contributed by atoms with Gasteiger partial charge < -0.3 is 14.8 Å². The van der Waals surface area contributed by atoms with Crippen molar-refractivity contribution < 1.29 is 14.3 Å². The van der Waals surface area contributed by atoms with Crippen LogP contribution in [-0.4, -0.2) is 19.1 Å². The third-order valence-electron chi connectivity index (χ3n) is 3.62. The summed E-state index contributed by atoms with van der Waals surface area (Å²) in [6, 6.07) is 15.5. The molecule has 0 aromatic heterocycles. The molecule has 0 spiro atoms.